The van der Waals surface area contributed by atoms with Crippen molar-refractivity contribution in [1.29, 1.82) is 0 Å². The molecule has 1 aliphatic rings. The van der Waals surface area contributed by atoms with Crippen molar-refractivity contribution in [3.63, 3.8) is 0 Å². The van der Waals surface area contributed by atoms with E-state index in [2.05, 4.69) is 25.9 Å². The highest BCUT2D eigenvalue weighted by atomic mass is 16.5. The van der Waals surface area contributed by atoms with Gasteiger partial charge in [-0.1, -0.05) is 25.9 Å². The predicted octanol–water partition coefficient (Wildman–Crippen LogP) is 2.42. The minimum Gasteiger partial charge on any atom is -0.361 e. The van der Waals surface area contributed by atoms with Gasteiger partial charge in [-0.2, -0.15) is 0 Å². The van der Waals surface area contributed by atoms with E-state index in [4.69, 9.17) is 10.3 Å². The molecule has 2 unspecified atom stereocenters. The molecule has 2 atom stereocenters. The third kappa shape index (κ3) is 1.69. The van der Waals surface area contributed by atoms with Crippen molar-refractivity contribution >= 4 is 0 Å². The third-order valence-corrected chi connectivity index (χ3v) is 3.49. The fourth-order valence-electron chi connectivity index (χ4n) is 2.50. The molecule has 3 heteroatoms. The van der Waals surface area contributed by atoms with E-state index >= 15 is 0 Å². The van der Waals surface area contributed by atoms with E-state index in [-0.39, 0.29) is 0 Å². The van der Waals surface area contributed by atoms with Gasteiger partial charge in [0.15, 0.2) is 0 Å². The molecule has 2 rings (SSSR count). The number of nitrogens with zero attached hydrogens (tertiary/aromatic N) is 1. The van der Waals surface area contributed by atoms with Gasteiger partial charge in [0.25, 0.3) is 0 Å². The summed E-state index contributed by atoms with van der Waals surface area (Å²) in [6.45, 7) is 7.30. The summed E-state index contributed by atoms with van der Waals surface area (Å²) in [6.07, 6.45) is 2.21. The Hall–Kier alpha value is -0.830. The van der Waals surface area contributed by atoms with Crippen LogP contribution in [0.1, 0.15) is 56.0 Å². The van der Waals surface area contributed by atoms with E-state index in [9.17, 15) is 0 Å². The maximum Gasteiger partial charge on any atom is 0.140 e. The zero-order valence-electron chi connectivity index (χ0n) is 9.79. The molecule has 3 nitrogen and oxygen atoms in total. The van der Waals surface area contributed by atoms with Gasteiger partial charge in [-0.15, -0.1) is 0 Å². The second-order valence-electron chi connectivity index (χ2n) is 4.92. The molecular weight excluding hydrogens is 188 g/mol. The molecule has 0 amide bonds. The molecule has 0 saturated heterocycles. The van der Waals surface area contributed by atoms with Crippen molar-refractivity contribution in [2.24, 2.45) is 11.7 Å². The Bertz CT molecular complexity index is 343. The maximum absolute atomic E-state index is 5.75. The standard InChI is InChI=1S/C12H20N2O/c1-7(2)12-11-9(8(3)6-13)4-5-10(11)15-14-12/h7-9H,4-6,13H2,1-3H3. The van der Waals surface area contributed by atoms with Gasteiger partial charge in [-0.05, 0) is 30.7 Å². The SMILES string of the molecule is CC(C)c1noc2c1C(C(C)CN)CC2. The van der Waals surface area contributed by atoms with Crippen LogP contribution in [0.25, 0.3) is 0 Å². The molecule has 15 heavy (non-hydrogen) atoms. The lowest BCUT2D eigenvalue weighted by molar-refractivity contribution is 0.372. The summed E-state index contributed by atoms with van der Waals surface area (Å²) in [5.74, 6) is 2.64. The van der Waals surface area contributed by atoms with Crippen LogP contribution < -0.4 is 5.73 Å². The monoisotopic (exact) mass is 208 g/mol. The lowest BCUT2D eigenvalue weighted by Crippen LogP contribution is -2.18. The molecule has 0 radical (unpaired) electrons. The number of fused-ring (bicyclic) bond motifs is 1. The van der Waals surface area contributed by atoms with Crippen LogP contribution >= 0.6 is 0 Å². The first-order valence-electron chi connectivity index (χ1n) is 5.83. The molecule has 1 aromatic heterocycles. The Balaban J connectivity index is 2.34. The van der Waals surface area contributed by atoms with E-state index in [0.29, 0.717) is 17.8 Å². The molecule has 0 spiro atoms. The molecular formula is C12H20N2O. The average molecular weight is 208 g/mol. The van der Waals surface area contributed by atoms with Gasteiger partial charge in [0, 0.05) is 12.0 Å². The van der Waals surface area contributed by atoms with Gasteiger partial charge in [0.05, 0.1) is 5.69 Å². The molecule has 0 bridgehead atoms. The molecule has 1 aromatic rings. The fraction of sp³-hybridized carbons (Fsp3) is 0.750. The highest BCUT2D eigenvalue weighted by molar-refractivity contribution is 5.34. The summed E-state index contributed by atoms with van der Waals surface area (Å²) < 4.78 is 5.40. The van der Waals surface area contributed by atoms with Crippen LogP contribution in [0.5, 0.6) is 0 Å². The highest BCUT2D eigenvalue weighted by Crippen LogP contribution is 2.41. The number of rotatable bonds is 3. The molecule has 1 heterocycles. The van der Waals surface area contributed by atoms with Crippen molar-refractivity contribution in [3.8, 4) is 0 Å². The second kappa shape index (κ2) is 3.97. The minimum absolute atomic E-state index is 0.447. The smallest absolute Gasteiger partial charge is 0.140 e. The first-order valence-corrected chi connectivity index (χ1v) is 5.83. The Labute approximate surface area is 91.0 Å². The van der Waals surface area contributed by atoms with Gasteiger partial charge < -0.3 is 10.3 Å². The minimum atomic E-state index is 0.447. The molecule has 84 valence electrons. The quantitative estimate of drug-likeness (QED) is 0.830. The number of aryl methyl sites for hydroxylation is 1. The summed E-state index contributed by atoms with van der Waals surface area (Å²) >= 11 is 0. The van der Waals surface area contributed by atoms with Gasteiger partial charge in [0.2, 0.25) is 0 Å². The Morgan fingerprint density at radius 2 is 2.20 bits per heavy atom. The number of hydrogen-bond donors (Lipinski definition) is 1. The van der Waals surface area contributed by atoms with Crippen molar-refractivity contribution < 1.29 is 4.52 Å². The molecule has 1 aliphatic carbocycles. The maximum atomic E-state index is 5.75. The summed E-state index contributed by atoms with van der Waals surface area (Å²) in [6, 6.07) is 0. The number of hydrogen-bond acceptors (Lipinski definition) is 3. The second-order valence-corrected chi connectivity index (χ2v) is 4.92. The Kier molecular flexibility index (Phi) is 2.83. The van der Waals surface area contributed by atoms with Crippen LogP contribution in [0, 0.1) is 5.92 Å². The van der Waals surface area contributed by atoms with Crippen LogP contribution in [0.3, 0.4) is 0 Å². The van der Waals surface area contributed by atoms with Gasteiger partial charge >= 0.3 is 0 Å². The Morgan fingerprint density at radius 3 is 2.80 bits per heavy atom. The summed E-state index contributed by atoms with van der Waals surface area (Å²) in [5.41, 5.74) is 8.26. The largest absolute Gasteiger partial charge is 0.361 e. The molecule has 0 aliphatic heterocycles. The fourth-order valence-corrected chi connectivity index (χ4v) is 2.50. The normalized spacial score (nSPS) is 22.1. The van der Waals surface area contributed by atoms with Crippen LogP contribution in [0.2, 0.25) is 0 Å². The topological polar surface area (TPSA) is 52.0 Å². The van der Waals surface area contributed by atoms with E-state index in [1.54, 1.807) is 0 Å². The highest BCUT2D eigenvalue weighted by Gasteiger charge is 2.33. The van der Waals surface area contributed by atoms with E-state index in [1.165, 1.54) is 12.0 Å². The predicted molar refractivity (Wildman–Crippen MR) is 59.9 cm³/mol. The zero-order chi connectivity index (χ0) is 11.0. The van der Waals surface area contributed by atoms with Crippen LogP contribution in [0.15, 0.2) is 4.52 Å². The van der Waals surface area contributed by atoms with Crippen LogP contribution in [0.4, 0.5) is 0 Å². The summed E-state index contributed by atoms with van der Waals surface area (Å²) in [5, 5.41) is 4.19. The van der Waals surface area contributed by atoms with Gasteiger partial charge in [0.1, 0.15) is 5.76 Å². The first-order chi connectivity index (χ1) is 7.15. The van der Waals surface area contributed by atoms with Crippen molar-refractivity contribution in [1.82, 2.24) is 5.16 Å². The van der Waals surface area contributed by atoms with Gasteiger partial charge in [-0.3, -0.25) is 0 Å². The zero-order valence-corrected chi connectivity index (χ0v) is 9.79. The number of aromatic nitrogens is 1. The molecule has 0 saturated carbocycles. The number of nitrogens with two attached hydrogens (primary N) is 1. The van der Waals surface area contributed by atoms with E-state index < -0.39 is 0 Å². The van der Waals surface area contributed by atoms with Crippen LogP contribution in [-0.4, -0.2) is 11.7 Å². The lowest BCUT2D eigenvalue weighted by Gasteiger charge is -2.18. The van der Waals surface area contributed by atoms with E-state index in [0.717, 1.165) is 24.4 Å². The van der Waals surface area contributed by atoms with Crippen LogP contribution in [-0.2, 0) is 6.42 Å². The average Bonchev–Trinajstić information content (AvgIpc) is 2.75. The van der Waals surface area contributed by atoms with E-state index in [1.807, 2.05) is 0 Å². The van der Waals surface area contributed by atoms with Gasteiger partial charge in [-0.25, -0.2) is 0 Å². The van der Waals surface area contributed by atoms with Crippen molar-refractivity contribution in [3.05, 3.63) is 17.0 Å². The molecule has 0 aromatic carbocycles. The summed E-state index contributed by atoms with van der Waals surface area (Å²) in [4.78, 5) is 0. The molecule has 0 fully saturated rings. The lowest BCUT2D eigenvalue weighted by atomic mass is 9.86. The first kappa shape index (κ1) is 10.7. The Morgan fingerprint density at radius 1 is 1.47 bits per heavy atom. The van der Waals surface area contributed by atoms with Crippen molar-refractivity contribution in [2.45, 2.75) is 45.4 Å². The third-order valence-electron chi connectivity index (χ3n) is 3.49. The summed E-state index contributed by atoms with van der Waals surface area (Å²) in [7, 11) is 0. The van der Waals surface area contributed by atoms with Crippen molar-refractivity contribution in [2.75, 3.05) is 6.54 Å². The molecule has 2 N–H and O–H groups in total.